The van der Waals surface area contributed by atoms with E-state index in [1.807, 2.05) is 0 Å². The number of rotatable bonds is 5. The van der Waals surface area contributed by atoms with Gasteiger partial charge in [0.1, 0.15) is 16.6 Å². The maximum atomic E-state index is 11.6. The Balaban J connectivity index is 3.35. The van der Waals surface area contributed by atoms with Gasteiger partial charge in [0.2, 0.25) is 5.91 Å². The standard InChI is InChI=1S/C11H15N3O5S/c1-7(11(15)12-2)13-8-5-4-6-9(20(3,18)19)10(8)14(16)17/h4-7,13H,1-3H3,(H,12,15). The summed E-state index contributed by atoms with van der Waals surface area (Å²) in [5, 5.41) is 16.1. The molecule has 0 saturated heterocycles. The predicted molar refractivity (Wildman–Crippen MR) is 73.4 cm³/mol. The number of amides is 1. The van der Waals surface area contributed by atoms with Gasteiger partial charge in [-0.05, 0) is 19.1 Å². The van der Waals surface area contributed by atoms with Gasteiger partial charge in [-0.1, -0.05) is 6.07 Å². The zero-order valence-corrected chi connectivity index (χ0v) is 12.0. The van der Waals surface area contributed by atoms with E-state index in [2.05, 4.69) is 10.6 Å². The second-order valence-electron chi connectivity index (χ2n) is 4.16. The van der Waals surface area contributed by atoms with Crippen LogP contribution in [0.15, 0.2) is 23.1 Å². The first-order valence-electron chi connectivity index (χ1n) is 5.64. The van der Waals surface area contributed by atoms with Gasteiger partial charge in [0.25, 0.3) is 0 Å². The average Bonchev–Trinajstić information content (AvgIpc) is 2.36. The molecular weight excluding hydrogens is 286 g/mol. The fraction of sp³-hybridized carbons (Fsp3) is 0.364. The van der Waals surface area contributed by atoms with Crippen LogP contribution in [-0.4, -0.2) is 38.6 Å². The highest BCUT2D eigenvalue weighted by Crippen LogP contribution is 2.32. The highest BCUT2D eigenvalue weighted by Gasteiger charge is 2.27. The number of nitrogens with one attached hydrogen (secondary N) is 2. The van der Waals surface area contributed by atoms with Crippen molar-refractivity contribution in [3.63, 3.8) is 0 Å². The second kappa shape index (κ2) is 5.87. The Hall–Kier alpha value is -2.16. The molecule has 1 aromatic rings. The van der Waals surface area contributed by atoms with Crippen LogP contribution in [0, 0.1) is 10.1 Å². The Morgan fingerprint density at radius 1 is 1.40 bits per heavy atom. The first-order valence-corrected chi connectivity index (χ1v) is 7.53. The molecule has 0 spiro atoms. The largest absolute Gasteiger partial charge is 0.368 e. The molecule has 0 fully saturated rings. The van der Waals surface area contributed by atoms with E-state index in [4.69, 9.17) is 0 Å². The number of hydrogen-bond donors (Lipinski definition) is 2. The third kappa shape index (κ3) is 3.44. The maximum absolute atomic E-state index is 11.6. The lowest BCUT2D eigenvalue weighted by atomic mass is 10.2. The molecule has 1 rings (SSSR count). The third-order valence-corrected chi connectivity index (χ3v) is 3.72. The summed E-state index contributed by atoms with van der Waals surface area (Å²) in [5.74, 6) is -0.371. The second-order valence-corrected chi connectivity index (χ2v) is 6.15. The summed E-state index contributed by atoms with van der Waals surface area (Å²) in [6.45, 7) is 1.51. The topological polar surface area (TPSA) is 118 Å². The Morgan fingerprint density at radius 2 is 2.00 bits per heavy atom. The number of nitrogens with zero attached hydrogens (tertiary/aromatic N) is 1. The first-order chi connectivity index (χ1) is 9.18. The van der Waals surface area contributed by atoms with Crippen LogP contribution in [0.3, 0.4) is 0 Å². The summed E-state index contributed by atoms with van der Waals surface area (Å²) in [6.07, 6.45) is 0.890. The quantitative estimate of drug-likeness (QED) is 0.605. The Bertz CT molecular complexity index is 641. The van der Waals surface area contributed by atoms with Gasteiger partial charge in [-0.15, -0.1) is 0 Å². The van der Waals surface area contributed by atoms with Gasteiger partial charge >= 0.3 is 5.69 Å². The normalized spacial score (nSPS) is 12.6. The molecule has 0 aliphatic carbocycles. The lowest BCUT2D eigenvalue weighted by Gasteiger charge is -2.14. The van der Waals surface area contributed by atoms with Crippen molar-refractivity contribution < 1.29 is 18.1 Å². The molecule has 0 saturated carbocycles. The smallest absolute Gasteiger partial charge is 0.310 e. The van der Waals surface area contributed by atoms with Gasteiger partial charge in [-0.3, -0.25) is 14.9 Å². The van der Waals surface area contributed by atoms with E-state index in [9.17, 15) is 23.3 Å². The van der Waals surface area contributed by atoms with E-state index in [0.717, 1.165) is 12.3 Å². The molecule has 0 aliphatic rings. The van der Waals surface area contributed by atoms with Gasteiger partial charge in [0.05, 0.1) is 4.92 Å². The van der Waals surface area contributed by atoms with Crippen LogP contribution in [0.1, 0.15) is 6.92 Å². The predicted octanol–water partition coefficient (Wildman–Crippen LogP) is 0.545. The molecule has 1 amide bonds. The van der Waals surface area contributed by atoms with E-state index in [-0.39, 0.29) is 11.6 Å². The maximum Gasteiger partial charge on any atom is 0.310 e. The van der Waals surface area contributed by atoms with E-state index in [0.29, 0.717) is 0 Å². The van der Waals surface area contributed by atoms with Gasteiger partial charge in [0.15, 0.2) is 9.84 Å². The fourth-order valence-electron chi connectivity index (χ4n) is 1.64. The van der Waals surface area contributed by atoms with Gasteiger partial charge < -0.3 is 10.6 Å². The van der Waals surface area contributed by atoms with Crippen molar-refractivity contribution in [2.45, 2.75) is 17.9 Å². The molecule has 0 aromatic heterocycles. The van der Waals surface area contributed by atoms with Crippen molar-refractivity contribution in [1.82, 2.24) is 5.32 Å². The third-order valence-electron chi connectivity index (χ3n) is 2.59. The highest BCUT2D eigenvalue weighted by molar-refractivity contribution is 7.90. The number of hydrogen-bond acceptors (Lipinski definition) is 6. The molecule has 1 aromatic carbocycles. The molecule has 0 bridgehead atoms. The number of nitro benzene ring substituents is 1. The lowest BCUT2D eigenvalue weighted by Crippen LogP contribution is -2.35. The number of para-hydroxylation sites is 1. The first kappa shape index (κ1) is 15.9. The highest BCUT2D eigenvalue weighted by atomic mass is 32.2. The molecule has 0 aliphatic heterocycles. The van der Waals surface area contributed by atoms with Crippen LogP contribution < -0.4 is 10.6 Å². The average molecular weight is 301 g/mol. The van der Waals surface area contributed by atoms with Crippen molar-refractivity contribution in [3.8, 4) is 0 Å². The van der Waals surface area contributed by atoms with Crippen LogP contribution in [0.5, 0.6) is 0 Å². The number of benzene rings is 1. The van der Waals surface area contributed by atoms with E-state index in [1.165, 1.54) is 26.1 Å². The molecule has 110 valence electrons. The number of carbonyl (C=O) groups excluding carboxylic acids is 1. The Morgan fingerprint density at radius 3 is 2.45 bits per heavy atom. The molecule has 1 atom stereocenters. The molecule has 8 nitrogen and oxygen atoms in total. The van der Waals surface area contributed by atoms with E-state index in [1.54, 1.807) is 0 Å². The number of anilines is 1. The Labute approximate surface area is 116 Å². The number of sulfone groups is 1. The van der Waals surface area contributed by atoms with Gasteiger partial charge in [-0.2, -0.15) is 0 Å². The van der Waals surface area contributed by atoms with E-state index >= 15 is 0 Å². The van der Waals surface area contributed by atoms with Crippen molar-refractivity contribution in [2.24, 2.45) is 0 Å². The molecule has 9 heteroatoms. The van der Waals surface area contributed by atoms with Crippen molar-refractivity contribution in [1.29, 1.82) is 0 Å². The molecule has 2 N–H and O–H groups in total. The van der Waals surface area contributed by atoms with Crippen molar-refractivity contribution in [2.75, 3.05) is 18.6 Å². The van der Waals surface area contributed by atoms with Crippen molar-refractivity contribution >= 4 is 27.1 Å². The number of nitro groups is 1. The SMILES string of the molecule is CNC(=O)C(C)Nc1cccc(S(C)(=O)=O)c1[N+](=O)[O-]. The molecule has 0 heterocycles. The molecule has 1 unspecified atom stereocenters. The van der Waals surface area contributed by atoms with Crippen LogP contribution in [0.2, 0.25) is 0 Å². The number of likely N-dealkylation sites (N-methyl/N-ethyl adjacent to an activating group) is 1. The fourth-order valence-corrected chi connectivity index (χ4v) is 2.50. The number of carbonyl (C=O) groups is 1. The van der Waals surface area contributed by atoms with Crippen LogP contribution in [-0.2, 0) is 14.6 Å². The minimum Gasteiger partial charge on any atom is -0.368 e. The zero-order valence-electron chi connectivity index (χ0n) is 11.2. The summed E-state index contributed by atoms with van der Waals surface area (Å²) < 4.78 is 23.1. The summed E-state index contributed by atoms with van der Waals surface area (Å²) in [6, 6.07) is 3.14. The zero-order chi connectivity index (χ0) is 15.5. The van der Waals surface area contributed by atoms with E-state index < -0.39 is 31.4 Å². The van der Waals surface area contributed by atoms with Gasteiger partial charge in [-0.25, -0.2) is 8.42 Å². The Kier molecular flexibility index (Phi) is 4.66. The molecule has 0 radical (unpaired) electrons. The minimum atomic E-state index is -3.74. The summed E-state index contributed by atoms with van der Waals surface area (Å²) in [4.78, 5) is 21.4. The molecule has 20 heavy (non-hydrogen) atoms. The molecular formula is C11H15N3O5S. The monoisotopic (exact) mass is 301 g/mol. The summed E-state index contributed by atoms with van der Waals surface area (Å²) in [5.41, 5.74) is -0.584. The van der Waals surface area contributed by atoms with Crippen LogP contribution in [0.25, 0.3) is 0 Å². The summed E-state index contributed by atoms with van der Waals surface area (Å²) >= 11 is 0. The van der Waals surface area contributed by atoms with Gasteiger partial charge in [0, 0.05) is 13.3 Å². The van der Waals surface area contributed by atoms with Crippen molar-refractivity contribution in [3.05, 3.63) is 28.3 Å². The minimum absolute atomic E-state index is 0.0194. The summed E-state index contributed by atoms with van der Waals surface area (Å²) in [7, 11) is -2.31. The van der Waals surface area contributed by atoms with Crippen LogP contribution >= 0.6 is 0 Å². The lowest BCUT2D eigenvalue weighted by molar-refractivity contribution is -0.386. The van der Waals surface area contributed by atoms with Crippen LogP contribution in [0.4, 0.5) is 11.4 Å².